The van der Waals surface area contributed by atoms with Gasteiger partial charge in [-0.3, -0.25) is 5.32 Å². The Morgan fingerprint density at radius 3 is 2.93 bits per heavy atom. The summed E-state index contributed by atoms with van der Waals surface area (Å²) in [6.45, 7) is 2.04. The highest BCUT2D eigenvalue weighted by molar-refractivity contribution is 4.96. The second-order valence-corrected chi connectivity index (χ2v) is 4.31. The van der Waals surface area contributed by atoms with E-state index in [-0.39, 0.29) is 6.04 Å². The molecule has 0 saturated carbocycles. The largest absolute Gasteiger partial charge is 0.373 e. The van der Waals surface area contributed by atoms with E-state index < -0.39 is 0 Å². The van der Waals surface area contributed by atoms with Gasteiger partial charge in [0.05, 0.1) is 24.3 Å². The van der Waals surface area contributed by atoms with Crippen molar-refractivity contribution in [3.05, 3.63) is 0 Å². The van der Waals surface area contributed by atoms with Gasteiger partial charge in [-0.15, -0.1) is 0 Å². The SMILES string of the molecule is CCC(C#N)NC1CCC2CCC1O2. The van der Waals surface area contributed by atoms with Crippen LogP contribution in [0, 0.1) is 11.3 Å². The average Bonchev–Trinajstić information content (AvgIpc) is 2.61. The molecule has 0 radical (unpaired) electrons. The summed E-state index contributed by atoms with van der Waals surface area (Å²) in [7, 11) is 0. The summed E-state index contributed by atoms with van der Waals surface area (Å²) in [5.41, 5.74) is 0. The fraction of sp³-hybridized carbons (Fsp3) is 0.909. The minimum absolute atomic E-state index is 0.000694. The number of hydrogen-bond donors (Lipinski definition) is 1. The van der Waals surface area contributed by atoms with Crippen LogP contribution in [-0.4, -0.2) is 24.3 Å². The molecule has 0 aliphatic carbocycles. The first kappa shape index (κ1) is 9.95. The Morgan fingerprint density at radius 1 is 1.43 bits per heavy atom. The Hall–Kier alpha value is -0.590. The Labute approximate surface area is 85.4 Å². The Kier molecular flexibility index (Phi) is 3.05. The topological polar surface area (TPSA) is 45.0 Å². The molecule has 2 bridgehead atoms. The van der Waals surface area contributed by atoms with Gasteiger partial charge < -0.3 is 4.74 Å². The van der Waals surface area contributed by atoms with Crippen molar-refractivity contribution in [1.29, 1.82) is 5.26 Å². The predicted octanol–water partition coefficient (Wildman–Crippen LogP) is 1.59. The predicted molar refractivity (Wildman–Crippen MR) is 53.7 cm³/mol. The van der Waals surface area contributed by atoms with E-state index in [0.717, 1.165) is 12.8 Å². The van der Waals surface area contributed by atoms with Crippen molar-refractivity contribution in [3.63, 3.8) is 0 Å². The van der Waals surface area contributed by atoms with Gasteiger partial charge in [0, 0.05) is 6.04 Å². The van der Waals surface area contributed by atoms with Crippen molar-refractivity contribution in [3.8, 4) is 6.07 Å². The van der Waals surface area contributed by atoms with Crippen LogP contribution in [-0.2, 0) is 4.74 Å². The summed E-state index contributed by atoms with van der Waals surface area (Å²) in [5.74, 6) is 0. The van der Waals surface area contributed by atoms with Gasteiger partial charge in [0.1, 0.15) is 0 Å². The molecule has 0 aromatic heterocycles. The molecular weight excluding hydrogens is 176 g/mol. The first-order valence-electron chi connectivity index (χ1n) is 5.64. The van der Waals surface area contributed by atoms with Crippen molar-refractivity contribution >= 4 is 0 Å². The minimum atomic E-state index is 0.000694. The van der Waals surface area contributed by atoms with Crippen LogP contribution in [0.4, 0.5) is 0 Å². The third kappa shape index (κ3) is 1.92. The molecule has 0 aromatic rings. The number of nitrogens with one attached hydrogen (secondary N) is 1. The monoisotopic (exact) mass is 194 g/mol. The number of rotatable bonds is 3. The van der Waals surface area contributed by atoms with E-state index >= 15 is 0 Å². The highest BCUT2D eigenvalue weighted by Gasteiger charge is 2.37. The second kappa shape index (κ2) is 4.29. The summed E-state index contributed by atoms with van der Waals surface area (Å²) in [6.07, 6.45) is 6.49. The van der Waals surface area contributed by atoms with E-state index in [2.05, 4.69) is 11.4 Å². The molecule has 4 unspecified atom stereocenters. The van der Waals surface area contributed by atoms with E-state index in [1.54, 1.807) is 0 Å². The van der Waals surface area contributed by atoms with Crippen LogP contribution in [0.25, 0.3) is 0 Å². The maximum atomic E-state index is 8.87. The molecule has 3 nitrogen and oxygen atoms in total. The van der Waals surface area contributed by atoms with Gasteiger partial charge in [-0.05, 0) is 32.1 Å². The molecule has 3 heteroatoms. The molecule has 0 aromatic carbocycles. The molecule has 0 amide bonds. The summed E-state index contributed by atoms with van der Waals surface area (Å²) in [6, 6.07) is 2.71. The second-order valence-electron chi connectivity index (χ2n) is 4.31. The van der Waals surface area contributed by atoms with Gasteiger partial charge in [0.25, 0.3) is 0 Å². The Balaban J connectivity index is 1.89. The molecule has 2 rings (SSSR count). The van der Waals surface area contributed by atoms with Crippen LogP contribution in [0.5, 0.6) is 0 Å². The molecule has 2 heterocycles. The highest BCUT2D eigenvalue weighted by Crippen LogP contribution is 2.32. The number of ether oxygens (including phenoxy) is 1. The molecule has 2 aliphatic rings. The molecule has 4 atom stereocenters. The van der Waals surface area contributed by atoms with Crippen molar-refractivity contribution in [2.45, 2.75) is 63.3 Å². The van der Waals surface area contributed by atoms with Crippen molar-refractivity contribution in [1.82, 2.24) is 5.32 Å². The van der Waals surface area contributed by atoms with Crippen LogP contribution >= 0.6 is 0 Å². The smallest absolute Gasteiger partial charge is 0.0953 e. The van der Waals surface area contributed by atoms with Gasteiger partial charge in [0.15, 0.2) is 0 Å². The van der Waals surface area contributed by atoms with Gasteiger partial charge in [-0.1, -0.05) is 6.92 Å². The normalized spacial score (nSPS) is 37.9. The number of nitriles is 1. The lowest BCUT2D eigenvalue weighted by Gasteiger charge is -2.31. The first-order valence-corrected chi connectivity index (χ1v) is 5.64. The zero-order valence-electron chi connectivity index (χ0n) is 8.70. The number of fused-ring (bicyclic) bond motifs is 2. The van der Waals surface area contributed by atoms with Crippen LogP contribution in [0.3, 0.4) is 0 Å². The Morgan fingerprint density at radius 2 is 2.21 bits per heavy atom. The third-order valence-electron chi connectivity index (χ3n) is 3.37. The zero-order chi connectivity index (χ0) is 9.97. The van der Waals surface area contributed by atoms with Gasteiger partial charge in [0.2, 0.25) is 0 Å². The first-order chi connectivity index (χ1) is 6.83. The molecule has 14 heavy (non-hydrogen) atoms. The van der Waals surface area contributed by atoms with E-state index in [0.29, 0.717) is 18.2 Å². The molecule has 1 N–H and O–H groups in total. The fourth-order valence-corrected chi connectivity index (χ4v) is 2.49. The summed E-state index contributed by atoms with van der Waals surface area (Å²) >= 11 is 0. The Bertz CT molecular complexity index is 236. The van der Waals surface area contributed by atoms with Crippen LogP contribution in [0.2, 0.25) is 0 Å². The maximum absolute atomic E-state index is 8.87. The van der Waals surface area contributed by atoms with Crippen LogP contribution < -0.4 is 5.32 Å². The zero-order valence-corrected chi connectivity index (χ0v) is 8.70. The van der Waals surface area contributed by atoms with Gasteiger partial charge in [-0.2, -0.15) is 5.26 Å². The van der Waals surface area contributed by atoms with Crippen LogP contribution in [0.1, 0.15) is 39.0 Å². The van der Waals surface area contributed by atoms with Crippen molar-refractivity contribution in [2.24, 2.45) is 0 Å². The van der Waals surface area contributed by atoms with Crippen LogP contribution in [0.15, 0.2) is 0 Å². The molecular formula is C11H18N2O. The van der Waals surface area contributed by atoms with Gasteiger partial charge in [-0.25, -0.2) is 0 Å². The van der Waals surface area contributed by atoms with E-state index in [1.165, 1.54) is 19.3 Å². The van der Waals surface area contributed by atoms with Crippen molar-refractivity contribution < 1.29 is 4.74 Å². The summed E-state index contributed by atoms with van der Waals surface area (Å²) < 4.78 is 5.83. The lowest BCUT2D eigenvalue weighted by Crippen LogP contribution is -2.47. The highest BCUT2D eigenvalue weighted by atomic mass is 16.5. The number of nitrogens with zero attached hydrogens (tertiary/aromatic N) is 1. The number of hydrogen-bond acceptors (Lipinski definition) is 3. The maximum Gasteiger partial charge on any atom is 0.0953 e. The fourth-order valence-electron chi connectivity index (χ4n) is 2.49. The molecule has 78 valence electrons. The lowest BCUT2D eigenvalue weighted by atomic mass is 10.0. The molecule has 2 aliphatic heterocycles. The quantitative estimate of drug-likeness (QED) is 0.742. The minimum Gasteiger partial charge on any atom is -0.373 e. The van der Waals surface area contributed by atoms with E-state index in [4.69, 9.17) is 10.00 Å². The standard InChI is InChI=1S/C11H18N2O/c1-2-8(7-12)13-10-5-3-9-4-6-11(10)14-9/h8-11,13H,2-6H2,1H3. The third-order valence-corrected chi connectivity index (χ3v) is 3.37. The molecule has 0 spiro atoms. The average molecular weight is 194 g/mol. The van der Waals surface area contributed by atoms with E-state index in [1.807, 2.05) is 6.92 Å². The van der Waals surface area contributed by atoms with E-state index in [9.17, 15) is 0 Å². The lowest BCUT2D eigenvalue weighted by molar-refractivity contribution is -0.0177. The summed E-state index contributed by atoms with van der Waals surface area (Å²) in [4.78, 5) is 0. The molecule has 2 saturated heterocycles. The molecule has 2 fully saturated rings. The summed E-state index contributed by atoms with van der Waals surface area (Å²) in [5, 5.41) is 12.3. The van der Waals surface area contributed by atoms with Crippen molar-refractivity contribution in [2.75, 3.05) is 0 Å². The van der Waals surface area contributed by atoms with Gasteiger partial charge >= 0.3 is 0 Å².